The number of carbonyl (C=O) groups is 2. The van der Waals surface area contributed by atoms with Crippen molar-refractivity contribution in [2.75, 3.05) is 26.1 Å². The molecule has 2 rings (SSSR count). The number of hydrogen-bond donors (Lipinski definition) is 1. The Hall–Kier alpha value is -3.62. The predicted molar refractivity (Wildman–Crippen MR) is 96.3 cm³/mol. The zero-order valence-electron chi connectivity index (χ0n) is 15.0. The van der Waals surface area contributed by atoms with E-state index in [0.717, 1.165) is 0 Å². The van der Waals surface area contributed by atoms with E-state index >= 15 is 0 Å². The topological polar surface area (TPSA) is 117 Å². The molecule has 142 valence electrons. The summed E-state index contributed by atoms with van der Waals surface area (Å²) in [5.41, 5.74) is 0.763. The zero-order chi connectivity index (χ0) is 20.0. The van der Waals surface area contributed by atoms with Crippen LogP contribution in [0.5, 0.6) is 11.5 Å². The van der Waals surface area contributed by atoms with Gasteiger partial charge in [-0.1, -0.05) is 12.1 Å². The maximum Gasteiger partial charge on any atom is 0.342 e. The van der Waals surface area contributed by atoms with E-state index in [1.165, 1.54) is 32.4 Å². The fraction of sp³-hybridized carbons (Fsp3) is 0.222. The lowest BCUT2D eigenvalue weighted by molar-refractivity contribution is -0.385. The lowest BCUT2D eigenvalue weighted by Crippen LogP contribution is -2.21. The summed E-state index contributed by atoms with van der Waals surface area (Å²) in [5.74, 6) is -0.969. The first-order valence-corrected chi connectivity index (χ1v) is 7.80. The fourth-order valence-electron chi connectivity index (χ4n) is 2.32. The normalized spacial score (nSPS) is 10.0. The van der Waals surface area contributed by atoms with Gasteiger partial charge < -0.3 is 19.5 Å². The molecule has 9 nitrogen and oxygen atoms in total. The monoisotopic (exact) mass is 374 g/mol. The minimum Gasteiger partial charge on any atom is -0.496 e. The second kappa shape index (κ2) is 8.65. The first-order chi connectivity index (χ1) is 12.9. The molecule has 0 aliphatic carbocycles. The third kappa shape index (κ3) is 4.72. The highest BCUT2D eigenvalue weighted by atomic mass is 16.6. The molecule has 1 amide bonds. The molecule has 0 heterocycles. The Bertz CT molecular complexity index is 880. The van der Waals surface area contributed by atoms with E-state index in [0.29, 0.717) is 17.0 Å². The van der Waals surface area contributed by atoms with E-state index in [4.69, 9.17) is 14.2 Å². The SMILES string of the molecule is COc1ccccc1C(=O)OCC(=O)Nc1cc(OC)c([N+](=O)[O-])cc1C. The molecule has 0 saturated carbocycles. The number of carbonyl (C=O) groups excluding carboxylic acids is 2. The van der Waals surface area contributed by atoms with Crippen LogP contribution >= 0.6 is 0 Å². The van der Waals surface area contributed by atoms with Crippen molar-refractivity contribution in [3.05, 3.63) is 57.6 Å². The number of para-hydroxylation sites is 1. The number of ether oxygens (including phenoxy) is 3. The predicted octanol–water partition coefficient (Wildman–Crippen LogP) is 2.72. The highest BCUT2D eigenvalue weighted by molar-refractivity contribution is 5.97. The molecular weight excluding hydrogens is 356 g/mol. The van der Waals surface area contributed by atoms with Gasteiger partial charge in [0.05, 0.1) is 19.1 Å². The quantitative estimate of drug-likeness (QED) is 0.450. The van der Waals surface area contributed by atoms with E-state index in [1.54, 1.807) is 25.1 Å². The van der Waals surface area contributed by atoms with E-state index in [-0.39, 0.29) is 17.0 Å². The molecule has 27 heavy (non-hydrogen) atoms. The molecule has 9 heteroatoms. The molecule has 0 aliphatic heterocycles. The lowest BCUT2D eigenvalue weighted by atomic mass is 10.1. The van der Waals surface area contributed by atoms with Crippen LogP contribution in [0.4, 0.5) is 11.4 Å². The number of benzene rings is 2. The summed E-state index contributed by atoms with van der Waals surface area (Å²) in [6.45, 7) is 1.07. The number of nitrogens with one attached hydrogen (secondary N) is 1. The molecule has 0 bridgehead atoms. The molecule has 0 fully saturated rings. The molecule has 0 aliphatic rings. The molecule has 0 unspecified atom stereocenters. The summed E-state index contributed by atoms with van der Waals surface area (Å²) in [5, 5.41) is 13.5. The Morgan fingerprint density at radius 3 is 2.41 bits per heavy atom. The number of nitro groups is 1. The highest BCUT2D eigenvalue weighted by Crippen LogP contribution is 2.32. The van der Waals surface area contributed by atoms with Gasteiger partial charge in [-0.25, -0.2) is 4.79 Å². The minimum absolute atomic E-state index is 0.00640. The van der Waals surface area contributed by atoms with E-state index in [1.807, 2.05) is 0 Å². The van der Waals surface area contributed by atoms with Crippen LogP contribution < -0.4 is 14.8 Å². The van der Waals surface area contributed by atoms with Crippen LogP contribution in [0.15, 0.2) is 36.4 Å². The molecule has 0 radical (unpaired) electrons. The Morgan fingerprint density at radius 2 is 1.78 bits per heavy atom. The first-order valence-electron chi connectivity index (χ1n) is 7.80. The maximum absolute atomic E-state index is 12.1. The van der Waals surface area contributed by atoms with Crippen LogP contribution in [0.2, 0.25) is 0 Å². The average molecular weight is 374 g/mol. The van der Waals surface area contributed by atoms with Crippen LogP contribution in [0.25, 0.3) is 0 Å². The van der Waals surface area contributed by atoms with Gasteiger partial charge in [0, 0.05) is 17.8 Å². The van der Waals surface area contributed by atoms with E-state index in [9.17, 15) is 19.7 Å². The summed E-state index contributed by atoms with van der Waals surface area (Å²) in [7, 11) is 2.71. The van der Waals surface area contributed by atoms with Gasteiger partial charge in [-0.15, -0.1) is 0 Å². The first kappa shape index (κ1) is 19.7. The molecule has 0 saturated heterocycles. The maximum atomic E-state index is 12.1. The number of methoxy groups -OCH3 is 2. The van der Waals surface area contributed by atoms with Crippen LogP contribution in [-0.4, -0.2) is 37.6 Å². The van der Waals surface area contributed by atoms with Crippen LogP contribution in [0.1, 0.15) is 15.9 Å². The smallest absolute Gasteiger partial charge is 0.342 e. The van der Waals surface area contributed by atoms with E-state index < -0.39 is 23.4 Å². The Labute approximate surface area is 155 Å². The second-order valence-electron chi connectivity index (χ2n) is 5.42. The zero-order valence-corrected chi connectivity index (χ0v) is 15.0. The summed E-state index contributed by atoms with van der Waals surface area (Å²) >= 11 is 0. The van der Waals surface area contributed by atoms with Gasteiger partial charge in [0.2, 0.25) is 0 Å². The lowest BCUT2D eigenvalue weighted by Gasteiger charge is -2.11. The molecular formula is C18H18N2O7. The Balaban J connectivity index is 2.06. The third-order valence-corrected chi connectivity index (χ3v) is 3.66. The van der Waals surface area contributed by atoms with Crippen molar-refractivity contribution >= 4 is 23.3 Å². The van der Waals surface area contributed by atoms with Gasteiger partial charge in [0.1, 0.15) is 11.3 Å². The van der Waals surface area contributed by atoms with Gasteiger partial charge >= 0.3 is 11.7 Å². The second-order valence-corrected chi connectivity index (χ2v) is 5.42. The number of nitro benzene ring substituents is 1. The number of hydrogen-bond acceptors (Lipinski definition) is 7. The molecule has 0 aromatic heterocycles. The van der Waals surface area contributed by atoms with Crippen molar-refractivity contribution in [2.24, 2.45) is 0 Å². The number of esters is 1. The fourth-order valence-corrected chi connectivity index (χ4v) is 2.32. The van der Waals surface area contributed by atoms with Crippen molar-refractivity contribution in [3.8, 4) is 11.5 Å². The van der Waals surface area contributed by atoms with Crippen LogP contribution in [0.3, 0.4) is 0 Å². The summed E-state index contributed by atoms with van der Waals surface area (Å²) in [6, 6.07) is 9.09. The van der Waals surface area contributed by atoms with Crippen molar-refractivity contribution in [1.29, 1.82) is 0 Å². The van der Waals surface area contributed by atoms with Crippen molar-refractivity contribution in [1.82, 2.24) is 0 Å². The number of nitrogens with zero attached hydrogens (tertiary/aromatic N) is 1. The minimum atomic E-state index is -0.708. The molecule has 0 atom stereocenters. The van der Waals surface area contributed by atoms with Crippen LogP contribution in [-0.2, 0) is 9.53 Å². The summed E-state index contributed by atoms with van der Waals surface area (Å²) in [6.07, 6.45) is 0. The van der Waals surface area contributed by atoms with Gasteiger partial charge in [-0.3, -0.25) is 14.9 Å². The third-order valence-electron chi connectivity index (χ3n) is 3.66. The molecule has 1 N–H and O–H groups in total. The number of anilines is 1. The molecule has 2 aromatic carbocycles. The Kier molecular flexibility index (Phi) is 6.32. The van der Waals surface area contributed by atoms with Crippen LogP contribution in [0, 0.1) is 17.0 Å². The number of amides is 1. The summed E-state index contributed by atoms with van der Waals surface area (Å²) in [4.78, 5) is 34.6. The largest absolute Gasteiger partial charge is 0.496 e. The van der Waals surface area contributed by atoms with Gasteiger partial charge in [-0.2, -0.15) is 0 Å². The standard InChI is InChI=1S/C18H18N2O7/c1-11-8-14(20(23)24)16(26-3)9-13(11)19-17(21)10-27-18(22)12-6-4-5-7-15(12)25-2/h4-9H,10H2,1-3H3,(H,19,21). The summed E-state index contributed by atoms with van der Waals surface area (Å²) < 4.78 is 15.0. The highest BCUT2D eigenvalue weighted by Gasteiger charge is 2.19. The molecule has 0 spiro atoms. The van der Waals surface area contributed by atoms with E-state index in [2.05, 4.69) is 5.32 Å². The van der Waals surface area contributed by atoms with Crippen molar-refractivity contribution < 1.29 is 28.7 Å². The van der Waals surface area contributed by atoms with Gasteiger partial charge in [0.25, 0.3) is 5.91 Å². The molecule has 2 aromatic rings. The van der Waals surface area contributed by atoms with Crippen molar-refractivity contribution in [3.63, 3.8) is 0 Å². The van der Waals surface area contributed by atoms with Gasteiger partial charge in [0.15, 0.2) is 12.4 Å². The number of aryl methyl sites for hydroxylation is 1. The average Bonchev–Trinajstić information content (AvgIpc) is 2.67. The number of rotatable bonds is 7. The van der Waals surface area contributed by atoms with Crippen molar-refractivity contribution in [2.45, 2.75) is 6.92 Å². The Morgan fingerprint density at radius 1 is 1.11 bits per heavy atom. The van der Waals surface area contributed by atoms with Gasteiger partial charge in [-0.05, 0) is 24.6 Å².